The summed E-state index contributed by atoms with van der Waals surface area (Å²) in [5.41, 5.74) is 1.04. The average molecular weight is 416 g/mol. The monoisotopic (exact) mass is 416 g/mol. The minimum atomic E-state index is -1.22. The minimum Gasteiger partial charge on any atom is -0.361 e. The molecule has 0 bridgehead atoms. The number of rotatable bonds is 6. The highest BCUT2D eigenvalue weighted by molar-refractivity contribution is 5.95. The Balaban J connectivity index is 1.57. The fraction of sp³-hybridized carbons (Fsp3) is 0.250. The van der Waals surface area contributed by atoms with Gasteiger partial charge in [0.25, 0.3) is 11.8 Å². The van der Waals surface area contributed by atoms with Gasteiger partial charge in [0.2, 0.25) is 0 Å². The first-order chi connectivity index (χ1) is 15.2. The van der Waals surface area contributed by atoms with Crippen molar-refractivity contribution >= 4 is 11.8 Å². The number of morpholine rings is 1. The summed E-state index contributed by atoms with van der Waals surface area (Å²) >= 11 is 0. The zero-order valence-corrected chi connectivity index (χ0v) is 17.1. The first kappa shape index (κ1) is 20.7. The highest BCUT2D eigenvalue weighted by Gasteiger charge is 2.45. The summed E-state index contributed by atoms with van der Waals surface area (Å²) in [7, 11) is 0. The fourth-order valence-corrected chi connectivity index (χ4v) is 3.69. The van der Waals surface area contributed by atoms with Gasteiger partial charge in [-0.05, 0) is 29.8 Å². The third kappa shape index (κ3) is 4.95. The number of nitrogens with zero attached hydrogens (tertiary/aromatic N) is 3. The number of carbonyl (C=O) groups is 2. The molecule has 3 heterocycles. The van der Waals surface area contributed by atoms with Crippen molar-refractivity contribution in [1.82, 2.24) is 20.2 Å². The van der Waals surface area contributed by atoms with Gasteiger partial charge < -0.3 is 15.0 Å². The molecule has 1 unspecified atom stereocenters. The van der Waals surface area contributed by atoms with Gasteiger partial charge >= 0.3 is 0 Å². The van der Waals surface area contributed by atoms with Gasteiger partial charge in [0, 0.05) is 49.4 Å². The smallest absolute Gasteiger partial charge is 0.254 e. The van der Waals surface area contributed by atoms with E-state index in [2.05, 4.69) is 15.3 Å². The number of nitrogens with one attached hydrogen (secondary N) is 1. The molecule has 2 amide bonds. The second kappa shape index (κ2) is 9.49. The van der Waals surface area contributed by atoms with Crippen LogP contribution in [0.5, 0.6) is 0 Å². The molecule has 4 rings (SSSR count). The van der Waals surface area contributed by atoms with E-state index in [-0.39, 0.29) is 31.4 Å². The molecule has 2 aromatic heterocycles. The molecule has 1 atom stereocenters. The van der Waals surface area contributed by atoms with E-state index >= 15 is 0 Å². The molecule has 1 aliphatic heterocycles. The van der Waals surface area contributed by atoms with E-state index in [9.17, 15) is 9.59 Å². The van der Waals surface area contributed by atoms with Gasteiger partial charge in [0.15, 0.2) is 5.60 Å². The molecular weight excluding hydrogens is 392 g/mol. The minimum absolute atomic E-state index is 0.144. The highest BCUT2D eigenvalue weighted by atomic mass is 16.5. The SMILES string of the molecule is O=C(c1ccncc1)N1CCOC(Cc2ccccn2)(C(=O)NCc2ccccc2)C1. The van der Waals surface area contributed by atoms with Gasteiger partial charge in [-0.15, -0.1) is 0 Å². The van der Waals surface area contributed by atoms with Crippen molar-refractivity contribution in [1.29, 1.82) is 0 Å². The number of ether oxygens (including phenoxy) is 1. The Bertz CT molecular complexity index is 1010. The molecule has 31 heavy (non-hydrogen) atoms. The molecule has 3 aromatic rings. The van der Waals surface area contributed by atoms with Crippen molar-refractivity contribution in [3.05, 3.63) is 96.1 Å². The lowest BCUT2D eigenvalue weighted by Crippen LogP contribution is -2.62. The van der Waals surface area contributed by atoms with E-state index in [4.69, 9.17) is 4.74 Å². The zero-order chi connectivity index (χ0) is 21.5. The lowest BCUT2D eigenvalue weighted by atomic mass is 9.93. The fourth-order valence-electron chi connectivity index (χ4n) is 3.69. The number of pyridine rings is 2. The van der Waals surface area contributed by atoms with Crippen molar-refractivity contribution in [2.45, 2.75) is 18.6 Å². The Hall–Kier alpha value is -3.58. The van der Waals surface area contributed by atoms with Crippen LogP contribution >= 0.6 is 0 Å². The van der Waals surface area contributed by atoms with Gasteiger partial charge in [0.1, 0.15) is 0 Å². The van der Waals surface area contributed by atoms with Gasteiger partial charge in [-0.2, -0.15) is 0 Å². The summed E-state index contributed by atoms with van der Waals surface area (Å²) in [4.78, 5) is 36.4. The first-order valence-corrected chi connectivity index (χ1v) is 10.2. The van der Waals surface area contributed by atoms with Gasteiger partial charge in [-0.25, -0.2) is 0 Å². The molecule has 1 saturated heterocycles. The van der Waals surface area contributed by atoms with Gasteiger partial charge in [-0.1, -0.05) is 36.4 Å². The number of benzene rings is 1. The molecule has 7 nitrogen and oxygen atoms in total. The molecular formula is C24H24N4O3. The topological polar surface area (TPSA) is 84.4 Å². The van der Waals surface area contributed by atoms with Gasteiger partial charge in [-0.3, -0.25) is 19.6 Å². The van der Waals surface area contributed by atoms with E-state index in [1.165, 1.54) is 0 Å². The molecule has 0 saturated carbocycles. The second-order valence-electron chi connectivity index (χ2n) is 7.47. The highest BCUT2D eigenvalue weighted by Crippen LogP contribution is 2.25. The predicted molar refractivity (Wildman–Crippen MR) is 115 cm³/mol. The summed E-state index contributed by atoms with van der Waals surface area (Å²) in [5.74, 6) is -0.402. The standard InChI is InChI=1S/C24H24N4O3/c29-22(20-9-12-25-13-10-20)28-14-15-31-24(18-28,16-21-8-4-5-11-26-21)23(30)27-17-19-6-2-1-3-7-19/h1-13H,14-18H2,(H,27,30). The van der Waals surface area contributed by atoms with Crippen molar-refractivity contribution in [2.75, 3.05) is 19.7 Å². The van der Waals surface area contributed by atoms with E-state index in [1.54, 1.807) is 35.6 Å². The van der Waals surface area contributed by atoms with Crippen LogP contribution in [0.2, 0.25) is 0 Å². The molecule has 0 aliphatic carbocycles. The molecule has 1 aromatic carbocycles. The Labute approximate surface area is 181 Å². The lowest BCUT2D eigenvalue weighted by Gasteiger charge is -2.41. The molecule has 158 valence electrons. The van der Waals surface area contributed by atoms with Crippen molar-refractivity contribution in [2.24, 2.45) is 0 Å². The number of carbonyl (C=O) groups excluding carboxylic acids is 2. The third-order valence-corrected chi connectivity index (χ3v) is 5.30. The predicted octanol–water partition coefficient (Wildman–Crippen LogP) is 2.25. The van der Waals surface area contributed by atoms with Crippen LogP contribution in [0, 0.1) is 0 Å². The van der Waals surface area contributed by atoms with Crippen LogP contribution in [0.4, 0.5) is 0 Å². The molecule has 1 N–H and O–H groups in total. The second-order valence-corrected chi connectivity index (χ2v) is 7.47. The largest absolute Gasteiger partial charge is 0.361 e. The maximum atomic E-state index is 13.4. The summed E-state index contributed by atoms with van der Waals surface area (Å²) < 4.78 is 6.08. The number of hydrogen-bond donors (Lipinski definition) is 1. The van der Waals surface area contributed by atoms with E-state index in [0.29, 0.717) is 18.7 Å². The van der Waals surface area contributed by atoms with Crippen molar-refractivity contribution < 1.29 is 14.3 Å². The van der Waals surface area contributed by atoms with Crippen molar-refractivity contribution in [3.63, 3.8) is 0 Å². The number of aromatic nitrogens is 2. The summed E-state index contributed by atoms with van der Waals surface area (Å²) in [6, 6.07) is 18.6. The van der Waals surface area contributed by atoms with Crippen molar-refractivity contribution in [3.8, 4) is 0 Å². The Morgan fingerprint density at radius 1 is 1.00 bits per heavy atom. The van der Waals surface area contributed by atoms with E-state index in [0.717, 1.165) is 11.3 Å². The van der Waals surface area contributed by atoms with Crippen LogP contribution in [0.1, 0.15) is 21.6 Å². The molecule has 1 aliphatic rings. The van der Waals surface area contributed by atoms with E-state index < -0.39 is 5.60 Å². The normalized spacial score (nSPS) is 18.4. The molecule has 1 fully saturated rings. The number of hydrogen-bond acceptors (Lipinski definition) is 5. The summed E-state index contributed by atoms with van der Waals surface area (Å²) in [5, 5.41) is 2.99. The molecule has 0 radical (unpaired) electrons. The van der Waals surface area contributed by atoms with Gasteiger partial charge in [0.05, 0.1) is 13.2 Å². The van der Waals surface area contributed by atoms with Crippen LogP contribution in [0.15, 0.2) is 79.3 Å². The average Bonchev–Trinajstić information content (AvgIpc) is 2.84. The zero-order valence-electron chi connectivity index (χ0n) is 17.1. The van der Waals surface area contributed by atoms with Crippen LogP contribution in [0.3, 0.4) is 0 Å². The Morgan fingerprint density at radius 2 is 1.77 bits per heavy atom. The van der Waals surface area contributed by atoms with Crippen LogP contribution in [-0.4, -0.2) is 52.0 Å². The first-order valence-electron chi connectivity index (χ1n) is 10.2. The lowest BCUT2D eigenvalue weighted by molar-refractivity contribution is -0.157. The van der Waals surface area contributed by atoms with Crippen LogP contribution in [0.25, 0.3) is 0 Å². The van der Waals surface area contributed by atoms with E-state index in [1.807, 2.05) is 48.5 Å². The Kier molecular flexibility index (Phi) is 6.33. The third-order valence-electron chi connectivity index (χ3n) is 5.30. The Morgan fingerprint density at radius 3 is 2.52 bits per heavy atom. The maximum Gasteiger partial charge on any atom is 0.254 e. The number of amides is 2. The summed E-state index contributed by atoms with van der Waals surface area (Å²) in [6.45, 7) is 1.20. The quantitative estimate of drug-likeness (QED) is 0.666. The summed E-state index contributed by atoms with van der Waals surface area (Å²) in [6.07, 6.45) is 5.13. The molecule has 7 heteroatoms. The van der Waals surface area contributed by atoms with Crippen LogP contribution in [-0.2, 0) is 22.5 Å². The maximum absolute atomic E-state index is 13.4. The van der Waals surface area contributed by atoms with Crippen LogP contribution < -0.4 is 5.32 Å². The molecule has 0 spiro atoms.